The molecule has 13 heteroatoms. The Labute approximate surface area is 477 Å². The maximum Gasteiger partial charge on any atom is 1.00 e. The maximum atomic E-state index is 9.96. The monoisotopic (exact) mass is 960 g/mol. The van der Waals surface area contributed by atoms with Crippen LogP contribution in [0, 0.1) is 0 Å². The quantitative estimate of drug-likeness (QED) is 0.0258. The summed E-state index contributed by atoms with van der Waals surface area (Å²) in [7, 11) is 0. The summed E-state index contributed by atoms with van der Waals surface area (Å²) >= 11 is 5.27. The van der Waals surface area contributed by atoms with Gasteiger partial charge in [0.2, 0.25) is 0 Å². The standard InChI is InChI=1S/C27H32O4.C21H24O2.C3H5ClO.CH2O3.2K.H/c1-5-7-19-13-21(9-11-25(19)30-17-23-15-28-23)27(3,4)22-10-12-26(20(14-22)8-6-2)31-18-24-16-29-24;1-5-7-15-13-17(9-11-19(15)22)21(3,4)18-10-12-20(23)16(14-18)8-6-2;4-1-3-2-5-3;2-1-4-3;;;/h5-6,9-14,23-24H,1-2,7-8,15-18H2,3-4H3;5-6,9-14,22-23H,1-2,7-8H2,3-4H3;3H,1-2H2;1,3H;;;/q;;;;2*+1;-1/p-1. The van der Waals surface area contributed by atoms with Gasteiger partial charge in [-0.3, -0.25) is 4.79 Å². The molecule has 3 fully saturated rings. The summed E-state index contributed by atoms with van der Waals surface area (Å²) in [5, 5.41) is 28.4. The van der Waals surface area contributed by atoms with Crippen molar-refractivity contribution in [2.45, 2.75) is 82.5 Å². The van der Waals surface area contributed by atoms with Crippen molar-refractivity contribution in [3.8, 4) is 23.0 Å². The van der Waals surface area contributed by atoms with Gasteiger partial charge in [-0.1, -0.05) is 101 Å². The fourth-order valence-electron chi connectivity index (χ4n) is 6.62. The summed E-state index contributed by atoms with van der Waals surface area (Å²) < 4.78 is 27.3. The van der Waals surface area contributed by atoms with E-state index in [0.717, 1.165) is 77.5 Å². The molecule has 7 rings (SSSR count). The molecular formula is C52H63ClK2O10. The minimum Gasteiger partial charge on any atom is -1.00 e. The van der Waals surface area contributed by atoms with Crippen LogP contribution in [0.15, 0.2) is 123 Å². The van der Waals surface area contributed by atoms with Crippen LogP contribution in [-0.2, 0) is 60.4 Å². The van der Waals surface area contributed by atoms with Gasteiger partial charge in [0.05, 0.1) is 31.8 Å². The van der Waals surface area contributed by atoms with Crippen molar-refractivity contribution in [1.29, 1.82) is 0 Å². The normalized spacial score (nSPS) is 16.2. The Morgan fingerprint density at radius 2 is 0.908 bits per heavy atom. The molecular weight excluding hydrogens is 898 g/mol. The fraction of sp³-hybridized carbons (Fsp3) is 0.365. The van der Waals surface area contributed by atoms with Gasteiger partial charge in [0.1, 0.15) is 48.4 Å². The van der Waals surface area contributed by atoms with Crippen molar-refractivity contribution in [3.63, 3.8) is 0 Å². The molecule has 340 valence electrons. The Kier molecular flexibility index (Phi) is 27.0. The van der Waals surface area contributed by atoms with Crippen LogP contribution in [-0.4, -0.2) is 73.9 Å². The molecule has 2 N–H and O–H groups in total. The van der Waals surface area contributed by atoms with Gasteiger partial charge >= 0.3 is 103 Å². The van der Waals surface area contributed by atoms with Crippen LogP contribution in [0.1, 0.15) is 73.6 Å². The number of aromatic hydroxyl groups is 2. The van der Waals surface area contributed by atoms with E-state index in [4.69, 9.17) is 45.3 Å². The number of phenols is 2. The van der Waals surface area contributed by atoms with Gasteiger partial charge in [0, 0.05) is 10.8 Å². The summed E-state index contributed by atoms with van der Waals surface area (Å²) in [6.45, 7) is 27.6. The summed E-state index contributed by atoms with van der Waals surface area (Å²) in [5.41, 5.74) is 8.33. The minimum absolute atomic E-state index is 0. The van der Waals surface area contributed by atoms with Crippen molar-refractivity contribution < 1.29 is 153 Å². The second-order valence-electron chi connectivity index (χ2n) is 16.4. The number of ether oxygens (including phenoxy) is 5. The smallest absolute Gasteiger partial charge is 1.00 e. The van der Waals surface area contributed by atoms with Crippen molar-refractivity contribution in [2.24, 2.45) is 0 Å². The van der Waals surface area contributed by atoms with Crippen LogP contribution < -0.4 is 118 Å². The molecule has 4 aromatic rings. The van der Waals surface area contributed by atoms with Crippen molar-refractivity contribution in [2.75, 3.05) is 38.9 Å². The molecule has 3 saturated heterocycles. The van der Waals surface area contributed by atoms with Crippen LogP contribution in [0.5, 0.6) is 23.0 Å². The Balaban J connectivity index is 0.000000548. The zero-order chi connectivity index (χ0) is 46.0. The van der Waals surface area contributed by atoms with E-state index in [1.807, 2.05) is 36.4 Å². The first-order chi connectivity index (χ1) is 30.2. The molecule has 0 saturated carbocycles. The number of hydrogen-bond donors (Lipinski definition) is 2. The number of alkyl halides is 1. The molecule has 0 amide bonds. The first-order valence-electron chi connectivity index (χ1n) is 21.0. The molecule has 0 aromatic heterocycles. The summed E-state index contributed by atoms with van der Waals surface area (Å²) in [6.07, 6.45) is 11.1. The van der Waals surface area contributed by atoms with Gasteiger partial charge in [0.15, 0.2) is 0 Å². The van der Waals surface area contributed by atoms with Gasteiger partial charge in [0.25, 0.3) is 6.47 Å². The molecule has 3 unspecified atom stereocenters. The predicted octanol–water partition coefficient (Wildman–Crippen LogP) is 3.08. The third-order valence-electron chi connectivity index (χ3n) is 10.9. The molecule has 0 bridgehead atoms. The van der Waals surface area contributed by atoms with E-state index in [9.17, 15) is 10.2 Å². The number of phenolic OH excluding ortho intramolecular Hbond substituents is 2. The van der Waals surface area contributed by atoms with E-state index in [-0.39, 0.29) is 134 Å². The van der Waals surface area contributed by atoms with Crippen LogP contribution in [0.2, 0.25) is 0 Å². The largest absolute Gasteiger partial charge is 1.00 e. The zero-order valence-corrected chi connectivity index (χ0v) is 46.0. The number of hydrogen-bond acceptors (Lipinski definition) is 10. The number of benzene rings is 4. The number of halogens is 1. The summed E-state index contributed by atoms with van der Waals surface area (Å²) in [4.78, 5) is 11.2. The SMILES string of the molecule is C=CCc1cc(C(C)(C)c2ccc(O)c(CC=C)c2)ccc1O.C=CCc1cc(C(C)(C)c2ccc(OCC3CO3)c(CC=C)c2)ccc1OCC1CO1.ClCC1CO1.O=CO[O-].[H-].[K+].[K+]. The molecule has 10 nitrogen and oxygen atoms in total. The molecule has 0 spiro atoms. The fourth-order valence-corrected chi connectivity index (χ4v) is 6.80. The number of carbonyl (C=O) groups is 1. The average Bonchev–Trinajstić information content (AvgIpc) is 4.12. The molecule has 3 aliphatic rings. The maximum absolute atomic E-state index is 9.96. The Hall–Kier alpha value is -2.09. The van der Waals surface area contributed by atoms with Gasteiger partial charge < -0.3 is 45.5 Å². The number of epoxide rings is 3. The first-order valence-corrected chi connectivity index (χ1v) is 21.5. The number of rotatable bonds is 20. The average molecular weight is 962 g/mol. The van der Waals surface area contributed by atoms with Gasteiger partial charge in [-0.2, -0.15) is 0 Å². The number of carbonyl (C=O) groups excluding carboxylic acids is 1. The molecule has 3 aliphatic heterocycles. The van der Waals surface area contributed by atoms with Gasteiger partial charge in [-0.05, 0) is 94.5 Å². The van der Waals surface area contributed by atoms with Crippen LogP contribution >= 0.6 is 11.6 Å². The van der Waals surface area contributed by atoms with E-state index in [0.29, 0.717) is 49.5 Å². The molecule has 3 atom stereocenters. The number of allylic oxidation sites excluding steroid dienone is 4. The van der Waals surface area contributed by atoms with Crippen LogP contribution in [0.3, 0.4) is 0 Å². The minimum atomic E-state index is -0.243. The van der Waals surface area contributed by atoms with Crippen LogP contribution in [0.4, 0.5) is 0 Å². The van der Waals surface area contributed by atoms with Crippen molar-refractivity contribution in [3.05, 3.63) is 168 Å². The van der Waals surface area contributed by atoms with E-state index in [1.165, 1.54) is 11.1 Å². The Bertz CT molecular complexity index is 2010. The third-order valence-corrected chi connectivity index (χ3v) is 11.2. The molecule has 0 radical (unpaired) electrons. The third kappa shape index (κ3) is 19.1. The molecule has 3 heterocycles. The predicted molar refractivity (Wildman–Crippen MR) is 248 cm³/mol. The van der Waals surface area contributed by atoms with E-state index in [1.54, 1.807) is 24.3 Å². The zero-order valence-electron chi connectivity index (χ0n) is 40.0. The topological polar surface area (TPSA) is 146 Å². The summed E-state index contributed by atoms with van der Waals surface area (Å²) in [5.74, 6) is 3.08. The van der Waals surface area contributed by atoms with Gasteiger partial charge in [-0.25, -0.2) is 0 Å². The van der Waals surface area contributed by atoms with Gasteiger partial charge in [-0.15, -0.1) is 37.9 Å². The van der Waals surface area contributed by atoms with Crippen molar-refractivity contribution >= 4 is 18.1 Å². The second kappa shape index (κ2) is 29.7. The summed E-state index contributed by atoms with van der Waals surface area (Å²) in [6, 6.07) is 24.4. The van der Waals surface area contributed by atoms with Crippen molar-refractivity contribution in [1.82, 2.24) is 0 Å². The Morgan fingerprint density at radius 3 is 1.17 bits per heavy atom. The first kappa shape index (κ1) is 59.0. The molecule has 4 aromatic carbocycles. The Morgan fingerprint density at radius 1 is 0.615 bits per heavy atom. The molecule has 0 aliphatic carbocycles. The molecule has 65 heavy (non-hydrogen) atoms. The van der Waals surface area contributed by atoms with E-state index in [2.05, 4.69) is 95.3 Å². The van der Waals surface area contributed by atoms with Crippen LogP contribution in [0.25, 0.3) is 0 Å². The van der Waals surface area contributed by atoms with E-state index < -0.39 is 0 Å². The van der Waals surface area contributed by atoms with E-state index >= 15 is 0 Å². The second-order valence-corrected chi connectivity index (χ2v) is 16.7.